The highest BCUT2D eigenvalue weighted by molar-refractivity contribution is 6.65. The van der Waals surface area contributed by atoms with E-state index in [4.69, 9.17) is 8.85 Å². The van der Waals surface area contributed by atoms with Crippen LogP contribution in [-0.2, 0) is 32.7 Å². The summed E-state index contributed by atoms with van der Waals surface area (Å²) in [5.41, 5.74) is 0. The van der Waals surface area contributed by atoms with Gasteiger partial charge >= 0.3 is 20.7 Å². The molecule has 0 bridgehead atoms. The average molecular weight is 293 g/mol. The third-order valence-corrected chi connectivity index (χ3v) is 5.77. The van der Waals surface area contributed by atoms with Crippen LogP contribution in [-0.4, -0.2) is 66.6 Å². The normalized spacial score (nSPS) is 11.1. The summed E-state index contributed by atoms with van der Waals surface area (Å²) in [5.74, 6) is -4.46. The standard InChI is InChI=1S/C10H19NO7Si/c1-11(19(6,17-4)18-5)8(12)7(9(13)15-2)10(14)16-3/h7H,1-6H3. The summed E-state index contributed by atoms with van der Waals surface area (Å²) in [5, 5.41) is 0. The Bertz CT molecular complexity index is 340. The second kappa shape index (κ2) is 7.21. The van der Waals surface area contributed by atoms with E-state index in [-0.39, 0.29) is 0 Å². The molecule has 0 unspecified atom stereocenters. The van der Waals surface area contributed by atoms with Crippen LogP contribution in [0.5, 0.6) is 0 Å². The van der Waals surface area contributed by atoms with Crippen molar-refractivity contribution >= 4 is 26.6 Å². The molecule has 0 aliphatic carbocycles. The molecule has 19 heavy (non-hydrogen) atoms. The molecule has 0 heterocycles. The maximum atomic E-state index is 12.2. The lowest BCUT2D eigenvalue weighted by molar-refractivity contribution is -0.163. The molecule has 0 aliphatic heterocycles. The Morgan fingerprint density at radius 3 is 1.58 bits per heavy atom. The lowest BCUT2D eigenvalue weighted by atomic mass is 10.1. The molecular weight excluding hydrogens is 274 g/mol. The molecule has 110 valence electrons. The van der Waals surface area contributed by atoms with Gasteiger partial charge in [-0.1, -0.05) is 0 Å². The van der Waals surface area contributed by atoms with Gasteiger partial charge in [0.1, 0.15) is 0 Å². The molecule has 0 spiro atoms. The van der Waals surface area contributed by atoms with E-state index in [1.807, 2.05) is 0 Å². The van der Waals surface area contributed by atoms with E-state index in [1.165, 1.54) is 21.3 Å². The molecule has 0 saturated heterocycles. The first-order valence-electron chi connectivity index (χ1n) is 5.32. The Morgan fingerprint density at radius 2 is 1.32 bits per heavy atom. The second-order valence-electron chi connectivity index (χ2n) is 3.68. The fourth-order valence-corrected chi connectivity index (χ4v) is 2.53. The molecule has 0 aromatic carbocycles. The molecule has 0 atom stereocenters. The number of amides is 1. The molecular formula is C10H19NO7Si. The van der Waals surface area contributed by atoms with Gasteiger partial charge in [0.2, 0.25) is 11.8 Å². The molecule has 0 aromatic heterocycles. The topological polar surface area (TPSA) is 91.4 Å². The Balaban J connectivity index is 5.31. The Hall–Kier alpha value is -1.45. The smallest absolute Gasteiger partial charge is 0.457 e. The van der Waals surface area contributed by atoms with Crippen LogP contribution >= 0.6 is 0 Å². The van der Waals surface area contributed by atoms with E-state index in [0.29, 0.717) is 0 Å². The van der Waals surface area contributed by atoms with Gasteiger partial charge in [-0.2, -0.15) is 0 Å². The molecule has 0 aromatic rings. The summed E-state index contributed by atoms with van der Waals surface area (Å²) in [6.45, 7) is 1.59. The van der Waals surface area contributed by atoms with Crippen molar-refractivity contribution in [2.75, 3.05) is 35.5 Å². The summed E-state index contributed by atoms with van der Waals surface area (Å²) in [7, 11) is 3.33. The van der Waals surface area contributed by atoms with E-state index in [0.717, 1.165) is 18.8 Å². The van der Waals surface area contributed by atoms with Gasteiger partial charge in [-0.15, -0.1) is 0 Å². The third kappa shape index (κ3) is 3.75. The van der Waals surface area contributed by atoms with Crippen LogP contribution in [0.4, 0.5) is 0 Å². The van der Waals surface area contributed by atoms with Crippen LogP contribution in [0.2, 0.25) is 6.55 Å². The quantitative estimate of drug-likeness (QED) is 0.362. The van der Waals surface area contributed by atoms with Crippen molar-refractivity contribution < 1.29 is 32.7 Å². The molecule has 0 radical (unpaired) electrons. The van der Waals surface area contributed by atoms with Crippen LogP contribution in [0.1, 0.15) is 0 Å². The number of carbonyl (C=O) groups excluding carboxylic acids is 3. The van der Waals surface area contributed by atoms with Crippen molar-refractivity contribution in [2.45, 2.75) is 6.55 Å². The van der Waals surface area contributed by atoms with E-state index in [2.05, 4.69) is 9.47 Å². The molecule has 0 fully saturated rings. The largest absolute Gasteiger partial charge is 0.468 e. The number of methoxy groups -OCH3 is 2. The minimum Gasteiger partial charge on any atom is -0.468 e. The number of nitrogens with zero attached hydrogens (tertiary/aromatic N) is 1. The van der Waals surface area contributed by atoms with E-state index in [1.54, 1.807) is 6.55 Å². The minimum absolute atomic E-state index is 0.795. The fraction of sp³-hybridized carbons (Fsp3) is 0.700. The van der Waals surface area contributed by atoms with Gasteiger partial charge in [0.05, 0.1) is 14.2 Å². The van der Waals surface area contributed by atoms with Crippen molar-refractivity contribution in [3.8, 4) is 0 Å². The first-order valence-corrected chi connectivity index (χ1v) is 7.59. The maximum Gasteiger partial charge on any atom is 0.457 e. The van der Waals surface area contributed by atoms with Crippen LogP contribution < -0.4 is 0 Å². The summed E-state index contributed by atoms with van der Waals surface area (Å²) in [6, 6.07) is 0. The number of esters is 2. The van der Waals surface area contributed by atoms with Gasteiger partial charge in [0.25, 0.3) is 0 Å². The van der Waals surface area contributed by atoms with Gasteiger partial charge in [-0.05, 0) is 6.55 Å². The zero-order chi connectivity index (χ0) is 15.2. The van der Waals surface area contributed by atoms with Crippen LogP contribution in [0, 0.1) is 5.92 Å². The highest BCUT2D eigenvalue weighted by Gasteiger charge is 2.46. The van der Waals surface area contributed by atoms with Crippen molar-refractivity contribution in [2.24, 2.45) is 5.92 Å². The van der Waals surface area contributed by atoms with Crippen molar-refractivity contribution in [3.05, 3.63) is 0 Å². The third-order valence-electron chi connectivity index (χ3n) is 2.82. The number of carbonyl (C=O) groups is 3. The SMILES string of the molecule is COC(=O)C(C(=O)OC)C(=O)N(C)[Si](C)(OC)OC. The van der Waals surface area contributed by atoms with E-state index >= 15 is 0 Å². The first-order chi connectivity index (χ1) is 8.78. The predicted molar refractivity (Wildman–Crippen MR) is 65.9 cm³/mol. The lowest BCUT2D eigenvalue weighted by Gasteiger charge is -2.33. The Kier molecular flexibility index (Phi) is 6.66. The summed E-state index contributed by atoms with van der Waals surface area (Å²) < 4.78 is 20.3. The minimum atomic E-state index is -2.98. The molecule has 9 heteroatoms. The van der Waals surface area contributed by atoms with Gasteiger partial charge < -0.3 is 22.9 Å². The monoisotopic (exact) mass is 293 g/mol. The zero-order valence-corrected chi connectivity index (χ0v) is 12.9. The second-order valence-corrected chi connectivity index (χ2v) is 6.97. The van der Waals surface area contributed by atoms with Crippen LogP contribution in [0.15, 0.2) is 0 Å². The first kappa shape index (κ1) is 17.5. The average Bonchev–Trinajstić information content (AvgIpc) is 2.44. The highest BCUT2D eigenvalue weighted by Crippen LogP contribution is 2.15. The van der Waals surface area contributed by atoms with Crippen molar-refractivity contribution in [3.63, 3.8) is 0 Å². The molecule has 0 saturated carbocycles. The van der Waals surface area contributed by atoms with E-state index in [9.17, 15) is 14.4 Å². The van der Waals surface area contributed by atoms with Gasteiger partial charge in [0.15, 0.2) is 0 Å². The Labute approximate surface area is 112 Å². The molecule has 1 amide bonds. The number of hydrogen-bond donors (Lipinski definition) is 0. The zero-order valence-electron chi connectivity index (χ0n) is 11.9. The molecule has 8 nitrogen and oxygen atoms in total. The summed E-state index contributed by atoms with van der Waals surface area (Å²) in [6.07, 6.45) is 0. The summed E-state index contributed by atoms with van der Waals surface area (Å²) in [4.78, 5) is 35.3. The van der Waals surface area contributed by atoms with Crippen molar-refractivity contribution in [1.29, 1.82) is 0 Å². The molecule has 0 aliphatic rings. The van der Waals surface area contributed by atoms with Crippen LogP contribution in [0.3, 0.4) is 0 Å². The van der Waals surface area contributed by atoms with Crippen LogP contribution in [0.25, 0.3) is 0 Å². The van der Waals surface area contributed by atoms with Crippen molar-refractivity contribution in [1.82, 2.24) is 4.57 Å². The highest BCUT2D eigenvalue weighted by atomic mass is 28.4. The number of hydrogen-bond acceptors (Lipinski definition) is 7. The fourth-order valence-electron chi connectivity index (χ4n) is 1.28. The predicted octanol–water partition coefficient (Wildman–Crippen LogP) is -0.731. The number of rotatable bonds is 6. The maximum absolute atomic E-state index is 12.2. The molecule has 0 N–H and O–H groups in total. The van der Waals surface area contributed by atoms with Gasteiger partial charge in [-0.3, -0.25) is 14.4 Å². The van der Waals surface area contributed by atoms with E-state index < -0.39 is 32.5 Å². The van der Waals surface area contributed by atoms with Gasteiger partial charge in [-0.25, -0.2) is 0 Å². The van der Waals surface area contributed by atoms with Gasteiger partial charge in [0, 0.05) is 21.3 Å². The summed E-state index contributed by atoms with van der Waals surface area (Å²) >= 11 is 0. The molecule has 0 rings (SSSR count). The number of ether oxygens (including phenoxy) is 2. The lowest BCUT2D eigenvalue weighted by Crippen LogP contribution is -2.59. The Morgan fingerprint density at radius 1 is 0.947 bits per heavy atom.